The van der Waals surface area contributed by atoms with E-state index in [1.807, 2.05) is 31.2 Å². The molecule has 0 spiro atoms. The topological polar surface area (TPSA) is 106 Å². The molecule has 0 bridgehead atoms. The van der Waals surface area contributed by atoms with Gasteiger partial charge in [-0.2, -0.15) is 4.98 Å². The number of ether oxygens (including phenoxy) is 1. The summed E-state index contributed by atoms with van der Waals surface area (Å²) in [4.78, 5) is 26.0. The first-order valence-electron chi connectivity index (χ1n) is 8.63. The van der Waals surface area contributed by atoms with Crippen molar-refractivity contribution in [3.63, 3.8) is 0 Å². The minimum atomic E-state index is -0.0730. The Hall–Kier alpha value is -3.49. The van der Waals surface area contributed by atoms with Gasteiger partial charge in [0.25, 0.3) is 5.89 Å². The van der Waals surface area contributed by atoms with Gasteiger partial charge < -0.3 is 19.5 Å². The van der Waals surface area contributed by atoms with Crippen LogP contribution in [0.5, 0.6) is 5.75 Å². The molecular weight excluding hydrogens is 348 g/mol. The molecule has 1 aliphatic heterocycles. The van der Waals surface area contributed by atoms with Crippen molar-refractivity contribution in [1.29, 1.82) is 0 Å². The summed E-state index contributed by atoms with van der Waals surface area (Å²) in [7, 11) is 0. The lowest BCUT2D eigenvalue weighted by molar-refractivity contribution is 0.0449. The lowest BCUT2D eigenvalue weighted by Crippen LogP contribution is -2.58. The van der Waals surface area contributed by atoms with Crippen LogP contribution in [0.3, 0.4) is 0 Å². The number of likely N-dealkylation sites (tertiary alicyclic amines) is 1. The predicted molar refractivity (Wildman–Crippen MR) is 95.8 cm³/mol. The van der Waals surface area contributed by atoms with Gasteiger partial charge in [-0.1, -0.05) is 17.3 Å². The van der Waals surface area contributed by atoms with Crippen molar-refractivity contribution in [2.75, 3.05) is 19.6 Å². The van der Waals surface area contributed by atoms with E-state index in [0.717, 1.165) is 0 Å². The van der Waals surface area contributed by atoms with Crippen LogP contribution in [-0.4, -0.2) is 56.8 Å². The molecule has 1 N–H and O–H groups in total. The molecule has 4 rings (SSSR count). The van der Waals surface area contributed by atoms with Crippen LogP contribution in [0.4, 0.5) is 4.79 Å². The molecule has 0 saturated carbocycles. The molecule has 3 aromatic rings. The Balaban J connectivity index is 1.48. The minimum Gasteiger partial charge on any atom is -0.486 e. The summed E-state index contributed by atoms with van der Waals surface area (Å²) in [6, 6.07) is 7.37. The largest absolute Gasteiger partial charge is 0.486 e. The summed E-state index contributed by atoms with van der Waals surface area (Å²) in [5.74, 6) is 1.33. The Kier molecular flexibility index (Phi) is 4.65. The van der Waals surface area contributed by atoms with Gasteiger partial charge in [0, 0.05) is 18.9 Å². The van der Waals surface area contributed by atoms with Crippen LogP contribution in [-0.2, 0) is 0 Å². The number of carbonyl (C=O) groups excluding carboxylic acids is 1. The molecule has 9 nitrogen and oxygen atoms in total. The molecule has 1 fully saturated rings. The Morgan fingerprint density at radius 3 is 2.96 bits per heavy atom. The molecule has 9 heteroatoms. The normalized spacial score (nSPS) is 13.9. The maximum atomic E-state index is 11.8. The number of para-hydroxylation sites is 1. The molecule has 0 radical (unpaired) electrons. The van der Waals surface area contributed by atoms with Crippen molar-refractivity contribution >= 4 is 6.03 Å². The van der Waals surface area contributed by atoms with E-state index < -0.39 is 0 Å². The van der Waals surface area contributed by atoms with Gasteiger partial charge in [-0.25, -0.2) is 9.78 Å². The highest BCUT2D eigenvalue weighted by Crippen LogP contribution is 2.31. The number of benzene rings is 1. The van der Waals surface area contributed by atoms with Crippen LogP contribution < -0.4 is 10.1 Å². The highest BCUT2D eigenvalue weighted by atomic mass is 16.5. The fraction of sp³-hybridized carbons (Fsp3) is 0.278. The first-order chi connectivity index (χ1) is 13.2. The van der Waals surface area contributed by atoms with Gasteiger partial charge in [-0.15, -0.1) is 0 Å². The quantitative estimate of drug-likeness (QED) is 0.736. The summed E-state index contributed by atoms with van der Waals surface area (Å²) in [5, 5.41) is 6.74. The van der Waals surface area contributed by atoms with Gasteiger partial charge in [0.2, 0.25) is 5.82 Å². The Bertz CT molecular complexity index is 924. The molecule has 0 aliphatic carbocycles. The molecule has 2 amide bonds. The van der Waals surface area contributed by atoms with E-state index in [4.69, 9.17) is 9.26 Å². The van der Waals surface area contributed by atoms with Crippen molar-refractivity contribution in [2.24, 2.45) is 0 Å². The standard InChI is InChI=1S/C18H18N6O3/c1-2-20-18(25)24-10-12(11-24)26-15-6-4-3-5-13(15)17-22-16(23-27-17)14-9-19-7-8-21-14/h3-9,12H,2,10-11H2,1H3,(H,20,25). The van der Waals surface area contributed by atoms with Gasteiger partial charge in [0.05, 0.1) is 24.8 Å². The maximum absolute atomic E-state index is 11.8. The number of carbonyl (C=O) groups is 1. The molecule has 1 aromatic carbocycles. The average molecular weight is 366 g/mol. The zero-order chi connectivity index (χ0) is 18.6. The third kappa shape index (κ3) is 3.57. The number of urea groups is 1. The van der Waals surface area contributed by atoms with E-state index in [9.17, 15) is 4.79 Å². The maximum Gasteiger partial charge on any atom is 0.317 e. The van der Waals surface area contributed by atoms with E-state index in [1.54, 1.807) is 23.5 Å². The van der Waals surface area contributed by atoms with E-state index in [1.165, 1.54) is 0 Å². The van der Waals surface area contributed by atoms with Gasteiger partial charge in [0.1, 0.15) is 17.5 Å². The van der Waals surface area contributed by atoms with Crippen molar-refractivity contribution in [1.82, 2.24) is 30.3 Å². The number of amides is 2. The molecule has 3 heterocycles. The number of nitrogens with zero attached hydrogens (tertiary/aromatic N) is 5. The number of aromatic nitrogens is 4. The van der Waals surface area contributed by atoms with Crippen LogP contribution in [0.25, 0.3) is 23.0 Å². The predicted octanol–water partition coefficient (Wildman–Crippen LogP) is 1.99. The second-order valence-corrected chi connectivity index (χ2v) is 5.99. The van der Waals surface area contributed by atoms with E-state index in [-0.39, 0.29) is 12.1 Å². The minimum absolute atomic E-state index is 0.0730. The van der Waals surface area contributed by atoms with Gasteiger partial charge >= 0.3 is 6.03 Å². The highest BCUT2D eigenvalue weighted by molar-refractivity contribution is 5.75. The molecule has 138 valence electrons. The molecular formula is C18H18N6O3. The highest BCUT2D eigenvalue weighted by Gasteiger charge is 2.32. The molecule has 1 aliphatic rings. The van der Waals surface area contributed by atoms with Crippen molar-refractivity contribution in [2.45, 2.75) is 13.0 Å². The molecule has 0 atom stereocenters. The fourth-order valence-electron chi connectivity index (χ4n) is 2.72. The third-order valence-corrected chi connectivity index (χ3v) is 4.09. The van der Waals surface area contributed by atoms with E-state index >= 15 is 0 Å². The zero-order valence-corrected chi connectivity index (χ0v) is 14.7. The Morgan fingerprint density at radius 2 is 2.19 bits per heavy atom. The van der Waals surface area contributed by atoms with Crippen LogP contribution in [0.2, 0.25) is 0 Å². The second kappa shape index (κ2) is 7.40. The lowest BCUT2D eigenvalue weighted by Gasteiger charge is -2.38. The van der Waals surface area contributed by atoms with E-state index in [2.05, 4.69) is 25.4 Å². The number of nitrogens with one attached hydrogen (secondary N) is 1. The zero-order valence-electron chi connectivity index (χ0n) is 14.7. The number of hydrogen-bond acceptors (Lipinski definition) is 7. The van der Waals surface area contributed by atoms with Crippen LogP contribution in [0.15, 0.2) is 47.4 Å². The lowest BCUT2D eigenvalue weighted by atomic mass is 10.1. The first-order valence-corrected chi connectivity index (χ1v) is 8.63. The van der Waals surface area contributed by atoms with Crippen molar-refractivity contribution in [3.8, 4) is 28.7 Å². The molecule has 1 saturated heterocycles. The summed E-state index contributed by atoms with van der Waals surface area (Å²) in [5.41, 5.74) is 1.22. The van der Waals surface area contributed by atoms with Crippen LogP contribution >= 0.6 is 0 Å². The monoisotopic (exact) mass is 366 g/mol. The molecule has 2 aromatic heterocycles. The number of hydrogen-bond donors (Lipinski definition) is 1. The first kappa shape index (κ1) is 17.0. The van der Waals surface area contributed by atoms with E-state index in [0.29, 0.717) is 48.4 Å². The SMILES string of the molecule is CCNC(=O)N1CC(Oc2ccccc2-c2nc(-c3cnccn3)no2)C1. The van der Waals surface area contributed by atoms with Gasteiger partial charge in [0.15, 0.2) is 0 Å². The molecule has 0 unspecified atom stereocenters. The second-order valence-electron chi connectivity index (χ2n) is 5.99. The van der Waals surface area contributed by atoms with Gasteiger partial charge in [-0.05, 0) is 19.1 Å². The summed E-state index contributed by atoms with van der Waals surface area (Å²) in [6.45, 7) is 3.57. The average Bonchev–Trinajstić information content (AvgIpc) is 3.15. The number of rotatable bonds is 5. The van der Waals surface area contributed by atoms with Crippen molar-refractivity contribution < 1.29 is 14.1 Å². The van der Waals surface area contributed by atoms with Crippen LogP contribution in [0.1, 0.15) is 6.92 Å². The van der Waals surface area contributed by atoms with Gasteiger partial charge in [-0.3, -0.25) is 4.98 Å². The van der Waals surface area contributed by atoms with Crippen LogP contribution in [0, 0.1) is 0 Å². The van der Waals surface area contributed by atoms with Crippen molar-refractivity contribution in [3.05, 3.63) is 42.9 Å². The smallest absolute Gasteiger partial charge is 0.317 e. The summed E-state index contributed by atoms with van der Waals surface area (Å²) < 4.78 is 11.4. The summed E-state index contributed by atoms with van der Waals surface area (Å²) >= 11 is 0. The Labute approximate surface area is 155 Å². The molecule has 27 heavy (non-hydrogen) atoms. The summed E-state index contributed by atoms with van der Waals surface area (Å²) in [6.07, 6.45) is 4.65. The fourth-order valence-corrected chi connectivity index (χ4v) is 2.72. The Morgan fingerprint density at radius 1 is 1.33 bits per heavy atom. The third-order valence-electron chi connectivity index (χ3n) is 4.09.